The van der Waals surface area contributed by atoms with Crippen LogP contribution < -0.4 is 5.32 Å². The van der Waals surface area contributed by atoms with Crippen molar-refractivity contribution in [1.29, 1.82) is 0 Å². The minimum Gasteiger partial charge on any atom is -0.379 e. The predicted molar refractivity (Wildman–Crippen MR) is 91.9 cm³/mol. The maximum Gasteiger partial charge on any atom is 0.217 e. The number of carbonyl (C=O) groups is 1. The first kappa shape index (κ1) is 18.3. The van der Waals surface area contributed by atoms with E-state index in [-0.39, 0.29) is 24.0 Å². The number of amides is 1. The Balaban J connectivity index is 1.67. The number of methoxy groups -OCH3 is 1. The Bertz CT molecular complexity index is 558. The first-order chi connectivity index (χ1) is 12.1. The summed E-state index contributed by atoms with van der Waals surface area (Å²) in [5, 5.41) is 3.03. The highest BCUT2D eigenvalue weighted by atomic mass is 16.7. The molecule has 0 aromatic heterocycles. The van der Waals surface area contributed by atoms with Crippen molar-refractivity contribution in [3.05, 3.63) is 35.9 Å². The van der Waals surface area contributed by atoms with Crippen LogP contribution in [0.4, 0.5) is 0 Å². The first-order valence-corrected chi connectivity index (χ1v) is 8.81. The van der Waals surface area contributed by atoms with Gasteiger partial charge in [-0.25, -0.2) is 0 Å². The van der Waals surface area contributed by atoms with Gasteiger partial charge in [-0.3, -0.25) is 4.79 Å². The Labute approximate surface area is 148 Å². The molecule has 6 heteroatoms. The molecule has 1 N–H and O–H groups in total. The summed E-state index contributed by atoms with van der Waals surface area (Å²) >= 11 is 0. The molecule has 1 aliphatic heterocycles. The summed E-state index contributed by atoms with van der Waals surface area (Å²) in [6.07, 6.45) is 1.14. The van der Waals surface area contributed by atoms with Crippen LogP contribution in [0.2, 0.25) is 0 Å². The van der Waals surface area contributed by atoms with Gasteiger partial charge in [-0.15, -0.1) is 0 Å². The van der Waals surface area contributed by atoms with E-state index in [4.69, 9.17) is 18.9 Å². The van der Waals surface area contributed by atoms with Gasteiger partial charge in [0.25, 0.3) is 0 Å². The van der Waals surface area contributed by atoms with Crippen molar-refractivity contribution >= 4 is 5.91 Å². The molecule has 1 saturated carbocycles. The molecule has 1 heterocycles. The molecule has 2 aliphatic rings. The lowest BCUT2D eigenvalue weighted by Crippen LogP contribution is -2.58. The van der Waals surface area contributed by atoms with Gasteiger partial charge in [0, 0.05) is 32.8 Å². The third-order valence-corrected chi connectivity index (χ3v) is 4.92. The SMILES string of the molecule is COC1CC2(C[C@@H](COCc3ccccc3)[C@@H]1NC(C)=O)OCCO2. The first-order valence-electron chi connectivity index (χ1n) is 8.81. The molecule has 6 nitrogen and oxygen atoms in total. The molecule has 0 radical (unpaired) electrons. The highest BCUT2D eigenvalue weighted by Gasteiger charge is 2.50. The highest BCUT2D eigenvalue weighted by Crippen LogP contribution is 2.40. The summed E-state index contributed by atoms with van der Waals surface area (Å²) in [5.41, 5.74) is 1.13. The van der Waals surface area contributed by atoms with Crippen molar-refractivity contribution < 1.29 is 23.7 Å². The highest BCUT2D eigenvalue weighted by molar-refractivity contribution is 5.73. The molecule has 0 bridgehead atoms. The van der Waals surface area contributed by atoms with Crippen molar-refractivity contribution in [3.8, 4) is 0 Å². The molecule has 25 heavy (non-hydrogen) atoms. The van der Waals surface area contributed by atoms with Crippen LogP contribution in [-0.2, 0) is 30.3 Å². The lowest BCUT2D eigenvalue weighted by atomic mass is 9.78. The van der Waals surface area contributed by atoms with Crippen LogP contribution >= 0.6 is 0 Å². The molecule has 3 atom stereocenters. The van der Waals surface area contributed by atoms with E-state index in [0.29, 0.717) is 39.3 Å². The number of ether oxygens (including phenoxy) is 4. The summed E-state index contributed by atoms with van der Waals surface area (Å²) in [4.78, 5) is 11.7. The Morgan fingerprint density at radius 1 is 1.24 bits per heavy atom. The second-order valence-corrected chi connectivity index (χ2v) is 6.78. The van der Waals surface area contributed by atoms with Gasteiger partial charge < -0.3 is 24.3 Å². The summed E-state index contributed by atoms with van der Waals surface area (Å²) in [5.74, 6) is -0.620. The average Bonchev–Trinajstić information content (AvgIpc) is 3.05. The van der Waals surface area contributed by atoms with Gasteiger partial charge in [0.05, 0.1) is 38.6 Å². The topological polar surface area (TPSA) is 66.0 Å². The van der Waals surface area contributed by atoms with Crippen LogP contribution in [0.15, 0.2) is 30.3 Å². The number of hydrogen-bond donors (Lipinski definition) is 1. The fourth-order valence-corrected chi connectivity index (χ4v) is 3.82. The van der Waals surface area contributed by atoms with Crippen LogP contribution in [0.3, 0.4) is 0 Å². The van der Waals surface area contributed by atoms with E-state index in [1.807, 2.05) is 30.3 Å². The van der Waals surface area contributed by atoms with Crippen LogP contribution in [0.1, 0.15) is 25.3 Å². The normalized spacial score (nSPS) is 28.2. The molecular formula is C19H27NO5. The zero-order chi connectivity index (χ0) is 17.7. The third-order valence-electron chi connectivity index (χ3n) is 4.92. The van der Waals surface area contributed by atoms with Crippen molar-refractivity contribution in [3.63, 3.8) is 0 Å². The van der Waals surface area contributed by atoms with E-state index in [1.54, 1.807) is 7.11 Å². The molecule has 1 aliphatic carbocycles. The van der Waals surface area contributed by atoms with Gasteiger partial charge in [0.2, 0.25) is 5.91 Å². The van der Waals surface area contributed by atoms with E-state index < -0.39 is 5.79 Å². The van der Waals surface area contributed by atoms with Gasteiger partial charge in [-0.05, 0) is 5.56 Å². The Kier molecular flexibility index (Phi) is 6.06. The fourth-order valence-electron chi connectivity index (χ4n) is 3.82. The average molecular weight is 349 g/mol. The lowest BCUT2D eigenvalue weighted by Gasteiger charge is -2.45. The Morgan fingerprint density at radius 2 is 1.96 bits per heavy atom. The maximum absolute atomic E-state index is 11.7. The quantitative estimate of drug-likeness (QED) is 0.849. The van der Waals surface area contributed by atoms with Crippen molar-refractivity contribution in [2.24, 2.45) is 5.92 Å². The second kappa shape index (κ2) is 8.27. The lowest BCUT2D eigenvalue weighted by molar-refractivity contribution is -0.221. The molecular weight excluding hydrogens is 322 g/mol. The molecule has 138 valence electrons. The largest absolute Gasteiger partial charge is 0.379 e. The Morgan fingerprint density at radius 3 is 2.60 bits per heavy atom. The van der Waals surface area contributed by atoms with Crippen molar-refractivity contribution in [1.82, 2.24) is 5.32 Å². The zero-order valence-electron chi connectivity index (χ0n) is 14.9. The summed E-state index contributed by atoms with van der Waals surface area (Å²) < 4.78 is 23.4. The molecule has 2 fully saturated rings. The van der Waals surface area contributed by atoms with Crippen LogP contribution in [0, 0.1) is 5.92 Å². The number of nitrogens with one attached hydrogen (secondary N) is 1. The van der Waals surface area contributed by atoms with E-state index in [0.717, 1.165) is 5.56 Å². The minimum atomic E-state index is -0.615. The van der Waals surface area contributed by atoms with E-state index in [1.165, 1.54) is 6.92 Å². The number of carbonyl (C=O) groups excluding carboxylic acids is 1. The van der Waals surface area contributed by atoms with Gasteiger partial charge in [-0.1, -0.05) is 30.3 Å². The minimum absolute atomic E-state index is 0.0596. The standard InChI is InChI=1S/C19H27NO5/c1-14(21)20-18-16(13-23-12-15-6-4-3-5-7-15)10-19(11-17(18)22-2)24-8-9-25-19/h3-7,16-18H,8-13H2,1-2H3,(H,20,21)/t16-,17?,18-/m0/s1. The van der Waals surface area contributed by atoms with Crippen molar-refractivity contribution in [2.45, 2.75) is 44.3 Å². The van der Waals surface area contributed by atoms with E-state index in [2.05, 4.69) is 5.32 Å². The van der Waals surface area contributed by atoms with Crippen molar-refractivity contribution in [2.75, 3.05) is 26.9 Å². The van der Waals surface area contributed by atoms with Gasteiger partial charge in [0.15, 0.2) is 5.79 Å². The maximum atomic E-state index is 11.7. The predicted octanol–water partition coefficient (Wildman–Crippen LogP) is 1.88. The molecule has 1 aromatic rings. The van der Waals surface area contributed by atoms with Crippen LogP contribution in [-0.4, -0.2) is 50.8 Å². The van der Waals surface area contributed by atoms with E-state index >= 15 is 0 Å². The smallest absolute Gasteiger partial charge is 0.217 e. The third kappa shape index (κ3) is 4.58. The summed E-state index contributed by atoms with van der Waals surface area (Å²) in [6, 6.07) is 9.94. The van der Waals surface area contributed by atoms with Crippen LogP contribution in [0.25, 0.3) is 0 Å². The molecule has 1 aromatic carbocycles. The van der Waals surface area contributed by atoms with Gasteiger partial charge in [0.1, 0.15) is 0 Å². The van der Waals surface area contributed by atoms with Crippen LogP contribution in [0.5, 0.6) is 0 Å². The second-order valence-electron chi connectivity index (χ2n) is 6.78. The van der Waals surface area contributed by atoms with E-state index in [9.17, 15) is 4.79 Å². The van der Waals surface area contributed by atoms with Gasteiger partial charge >= 0.3 is 0 Å². The number of hydrogen-bond acceptors (Lipinski definition) is 5. The molecule has 1 unspecified atom stereocenters. The zero-order valence-corrected chi connectivity index (χ0v) is 14.9. The Hall–Kier alpha value is -1.47. The number of benzene rings is 1. The fraction of sp³-hybridized carbons (Fsp3) is 0.632. The molecule has 1 spiro atoms. The molecule has 1 saturated heterocycles. The van der Waals surface area contributed by atoms with Gasteiger partial charge in [-0.2, -0.15) is 0 Å². The summed E-state index contributed by atoms with van der Waals surface area (Å²) in [6.45, 7) is 3.77. The summed E-state index contributed by atoms with van der Waals surface area (Å²) in [7, 11) is 1.66. The molecule has 3 rings (SSSR count). The molecule has 1 amide bonds. The number of rotatable bonds is 6. The monoisotopic (exact) mass is 349 g/mol.